The van der Waals surface area contributed by atoms with Gasteiger partial charge in [-0.15, -0.1) is 0 Å². The summed E-state index contributed by atoms with van der Waals surface area (Å²) >= 11 is 0. The Bertz CT molecular complexity index is 152. The van der Waals surface area contributed by atoms with Crippen molar-refractivity contribution in [2.24, 2.45) is 5.41 Å². The van der Waals surface area contributed by atoms with Gasteiger partial charge in [-0.05, 0) is 31.1 Å². The van der Waals surface area contributed by atoms with Gasteiger partial charge >= 0.3 is 0 Å². The molecule has 1 nitrogen and oxygen atoms in total. The molecule has 0 aromatic heterocycles. The Labute approximate surface area is 74.0 Å². The zero-order valence-corrected chi connectivity index (χ0v) is 8.23. The summed E-state index contributed by atoms with van der Waals surface area (Å²) in [6.45, 7) is 5.81. The quantitative estimate of drug-likeness (QED) is 0.598. The lowest BCUT2D eigenvalue weighted by atomic mass is 9.69. The van der Waals surface area contributed by atoms with Crippen molar-refractivity contribution in [3.63, 3.8) is 0 Å². The van der Waals surface area contributed by atoms with E-state index in [4.69, 9.17) is 0 Å². The zero-order chi connectivity index (χ0) is 9.41. The van der Waals surface area contributed by atoms with Gasteiger partial charge in [0.25, 0.3) is 0 Å². The van der Waals surface area contributed by atoms with Crippen LogP contribution >= 0.6 is 0 Å². The van der Waals surface area contributed by atoms with E-state index in [1.165, 1.54) is 0 Å². The fourth-order valence-electron chi connectivity index (χ4n) is 1.81. The zero-order valence-electron chi connectivity index (χ0n) is 8.23. The SMILES string of the molecule is CC(C)(C)C1(F)CCC(O)CC1. The van der Waals surface area contributed by atoms with Gasteiger partial charge in [0, 0.05) is 0 Å². The summed E-state index contributed by atoms with van der Waals surface area (Å²) in [5.41, 5.74) is -1.35. The smallest absolute Gasteiger partial charge is 0.116 e. The van der Waals surface area contributed by atoms with Crippen molar-refractivity contribution in [2.45, 2.75) is 58.2 Å². The molecule has 0 amide bonds. The number of halogens is 1. The summed E-state index contributed by atoms with van der Waals surface area (Å²) < 4.78 is 14.1. The second kappa shape index (κ2) is 2.99. The van der Waals surface area contributed by atoms with Crippen LogP contribution in [0.5, 0.6) is 0 Å². The molecule has 12 heavy (non-hydrogen) atoms. The van der Waals surface area contributed by atoms with Gasteiger partial charge in [-0.1, -0.05) is 20.8 Å². The lowest BCUT2D eigenvalue weighted by Crippen LogP contribution is -2.42. The highest BCUT2D eigenvalue weighted by Gasteiger charge is 2.44. The molecule has 0 aliphatic heterocycles. The number of hydrogen-bond donors (Lipinski definition) is 1. The number of rotatable bonds is 0. The highest BCUT2D eigenvalue weighted by Crippen LogP contribution is 2.44. The summed E-state index contributed by atoms with van der Waals surface area (Å²) in [5, 5.41) is 9.24. The number of hydrogen-bond acceptors (Lipinski definition) is 1. The number of alkyl halides is 1. The summed E-state index contributed by atoms with van der Waals surface area (Å²) in [5.74, 6) is 0. The van der Waals surface area contributed by atoms with Crippen molar-refractivity contribution >= 4 is 0 Å². The molecule has 72 valence electrons. The van der Waals surface area contributed by atoms with Crippen LogP contribution in [0.1, 0.15) is 46.5 Å². The Balaban J connectivity index is 2.62. The molecule has 0 heterocycles. The molecular weight excluding hydrogens is 155 g/mol. The first-order valence-corrected chi connectivity index (χ1v) is 4.72. The maximum absolute atomic E-state index is 14.1. The predicted octanol–water partition coefficient (Wildman–Crippen LogP) is 2.68. The van der Waals surface area contributed by atoms with Crippen molar-refractivity contribution < 1.29 is 9.50 Å². The summed E-state index contributed by atoms with van der Waals surface area (Å²) in [6, 6.07) is 0. The second-order valence-corrected chi connectivity index (χ2v) is 4.95. The Morgan fingerprint density at radius 2 is 1.67 bits per heavy atom. The van der Waals surface area contributed by atoms with Gasteiger partial charge < -0.3 is 5.11 Å². The minimum Gasteiger partial charge on any atom is -0.393 e. The fraction of sp³-hybridized carbons (Fsp3) is 1.00. The maximum atomic E-state index is 14.1. The molecule has 1 saturated carbocycles. The predicted molar refractivity (Wildman–Crippen MR) is 47.8 cm³/mol. The van der Waals surface area contributed by atoms with Crippen LogP contribution in [0, 0.1) is 5.41 Å². The van der Waals surface area contributed by atoms with Gasteiger partial charge in [0.05, 0.1) is 6.10 Å². The lowest BCUT2D eigenvalue weighted by molar-refractivity contribution is -0.0387. The van der Waals surface area contributed by atoms with Crippen LogP contribution in [0.2, 0.25) is 0 Å². The first-order valence-electron chi connectivity index (χ1n) is 4.72. The van der Waals surface area contributed by atoms with Gasteiger partial charge in [-0.25, -0.2) is 4.39 Å². The summed E-state index contributed by atoms with van der Waals surface area (Å²) in [7, 11) is 0. The van der Waals surface area contributed by atoms with Crippen LogP contribution in [-0.2, 0) is 0 Å². The molecule has 1 aliphatic carbocycles. The summed E-state index contributed by atoms with van der Waals surface area (Å²) in [4.78, 5) is 0. The van der Waals surface area contributed by atoms with Gasteiger partial charge in [0.1, 0.15) is 5.67 Å². The van der Waals surface area contributed by atoms with E-state index in [1.54, 1.807) is 0 Å². The van der Waals surface area contributed by atoms with E-state index in [9.17, 15) is 9.50 Å². The molecular formula is C10H19FO. The lowest BCUT2D eigenvalue weighted by Gasteiger charge is -2.41. The first kappa shape index (κ1) is 9.97. The minimum absolute atomic E-state index is 0.267. The monoisotopic (exact) mass is 174 g/mol. The van der Waals surface area contributed by atoms with Crippen molar-refractivity contribution in [1.82, 2.24) is 0 Å². The van der Waals surface area contributed by atoms with E-state index < -0.39 is 5.67 Å². The van der Waals surface area contributed by atoms with Crippen molar-refractivity contribution in [1.29, 1.82) is 0 Å². The third-order valence-electron chi connectivity index (χ3n) is 3.09. The second-order valence-electron chi connectivity index (χ2n) is 4.95. The normalized spacial score (nSPS) is 38.2. The van der Waals surface area contributed by atoms with E-state index in [0.29, 0.717) is 25.7 Å². The standard InChI is InChI=1S/C10H19FO/c1-9(2,3)10(11)6-4-8(12)5-7-10/h8,12H,4-7H2,1-3H3. The topological polar surface area (TPSA) is 20.2 Å². The molecule has 2 heteroatoms. The maximum Gasteiger partial charge on any atom is 0.116 e. The molecule has 0 unspecified atom stereocenters. The minimum atomic E-state index is -1.06. The summed E-state index contributed by atoms with van der Waals surface area (Å²) in [6.07, 6.45) is 1.99. The van der Waals surface area contributed by atoms with Crippen LogP contribution in [0.25, 0.3) is 0 Å². The van der Waals surface area contributed by atoms with E-state index in [-0.39, 0.29) is 11.5 Å². The molecule has 1 N–H and O–H groups in total. The molecule has 1 fully saturated rings. The van der Waals surface area contributed by atoms with Gasteiger partial charge in [-0.2, -0.15) is 0 Å². The molecule has 1 aliphatic rings. The third kappa shape index (κ3) is 1.79. The largest absolute Gasteiger partial charge is 0.393 e. The number of aliphatic hydroxyl groups is 1. The van der Waals surface area contributed by atoms with Crippen molar-refractivity contribution in [2.75, 3.05) is 0 Å². The number of aliphatic hydroxyl groups excluding tert-OH is 1. The van der Waals surface area contributed by atoms with E-state index in [1.807, 2.05) is 20.8 Å². The highest BCUT2D eigenvalue weighted by atomic mass is 19.1. The highest BCUT2D eigenvalue weighted by molar-refractivity contribution is 4.94. The molecule has 0 aromatic carbocycles. The molecule has 0 bridgehead atoms. The molecule has 0 atom stereocenters. The molecule has 0 saturated heterocycles. The molecule has 1 rings (SSSR count). The average molecular weight is 174 g/mol. The van der Waals surface area contributed by atoms with Gasteiger partial charge in [0.2, 0.25) is 0 Å². The van der Waals surface area contributed by atoms with Crippen LogP contribution in [0.4, 0.5) is 4.39 Å². The first-order chi connectivity index (χ1) is 5.35. The Hall–Kier alpha value is -0.110. The molecule has 0 radical (unpaired) electrons. The van der Waals surface area contributed by atoms with E-state index in [2.05, 4.69) is 0 Å². The van der Waals surface area contributed by atoms with Crippen molar-refractivity contribution in [3.05, 3.63) is 0 Å². The van der Waals surface area contributed by atoms with E-state index >= 15 is 0 Å². The molecule has 0 aromatic rings. The van der Waals surface area contributed by atoms with Crippen LogP contribution in [0.3, 0.4) is 0 Å². The Kier molecular flexibility index (Phi) is 2.48. The van der Waals surface area contributed by atoms with Gasteiger partial charge in [-0.3, -0.25) is 0 Å². The Morgan fingerprint density at radius 1 is 1.25 bits per heavy atom. The van der Waals surface area contributed by atoms with Crippen LogP contribution in [0.15, 0.2) is 0 Å². The van der Waals surface area contributed by atoms with Crippen LogP contribution < -0.4 is 0 Å². The van der Waals surface area contributed by atoms with Crippen LogP contribution in [-0.4, -0.2) is 16.9 Å². The van der Waals surface area contributed by atoms with Gasteiger partial charge in [0.15, 0.2) is 0 Å². The average Bonchev–Trinajstić information content (AvgIpc) is 1.93. The fourth-order valence-corrected chi connectivity index (χ4v) is 1.81. The Morgan fingerprint density at radius 3 is 2.00 bits per heavy atom. The third-order valence-corrected chi connectivity index (χ3v) is 3.09. The van der Waals surface area contributed by atoms with Crippen molar-refractivity contribution in [3.8, 4) is 0 Å². The molecule has 0 spiro atoms. The van der Waals surface area contributed by atoms with E-state index in [0.717, 1.165) is 0 Å².